The Balaban J connectivity index is 1.50. The number of hydrogen-bond donors (Lipinski definition) is 0. The maximum Gasteiger partial charge on any atom is 0.139 e. The molecule has 41 heavy (non-hydrogen) atoms. The molecule has 0 saturated carbocycles. The maximum atomic E-state index is 7.45. The van der Waals surface area contributed by atoms with Crippen molar-refractivity contribution in [1.82, 2.24) is 0 Å². The van der Waals surface area contributed by atoms with Crippen molar-refractivity contribution in [2.75, 3.05) is 9.80 Å². The number of hydrogen-bond acceptors (Lipinski definition) is 3. The summed E-state index contributed by atoms with van der Waals surface area (Å²) in [6.45, 7) is 2.10. The second-order valence-electron chi connectivity index (χ2n) is 10.0. The van der Waals surface area contributed by atoms with Gasteiger partial charge in [0.25, 0.3) is 0 Å². The molecule has 0 amide bonds. The zero-order valence-electron chi connectivity index (χ0n) is 22.5. The van der Waals surface area contributed by atoms with E-state index in [0.29, 0.717) is 5.02 Å². The summed E-state index contributed by atoms with van der Waals surface area (Å²) in [5, 5.41) is 4.01. The number of benzene rings is 6. The first-order chi connectivity index (χ1) is 20.2. The lowest BCUT2D eigenvalue weighted by molar-refractivity contribution is 0.614. The van der Waals surface area contributed by atoms with Crippen molar-refractivity contribution >= 4 is 67.5 Å². The number of fused-ring (bicyclic) bond motifs is 3. The molecule has 0 aliphatic carbocycles. The van der Waals surface area contributed by atoms with Gasteiger partial charge in [-0.05, 0) is 77.9 Å². The standard InChI is InChI=1S/C37H27ClN2O/c1-26-24-27-14-11-12-21-31(27)35-34(25-41-37(26)35)40(30-19-9-4-10-20-30)33-23-13-22-32(36(33)38)39(28-15-5-2-6-16-28)29-17-7-3-8-18-29/h2-25H,1H3. The van der Waals surface area contributed by atoms with Crippen LogP contribution in [-0.4, -0.2) is 0 Å². The highest BCUT2D eigenvalue weighted by atomic mass is 35.5. The monoisotopic (exact) mass is 550 g/mol. The van der Waals surface area contributed by atoms with E-state index in [2.05, 4.69) is 102 Å². The third kappa shape index (κ3) is 4.41. The van der Waals surface area contributed by atoms with Crippen LogP contribution in [0.1, 0.15) is 5.56 Å². The SMILES string of the molecule is Cc1cc2ccccc2c2c(N(c3ccccc3)c3cccc(N(c4ccccc4)c4ccccc4)c3Cl)coc12. The van der Waals surface area contributed by atoms with Gasteiger partial charge < -0.3 is 14.2 Å². The summed E-state index contributed by atoms with van der Waals surface area (Å²) in [6, 6.07) is 47.8. The summed E-state index contributed by atoms with van der Waals surface area (Å²) in [6.07, 6.45) is 1.85. The van der Waals surface area contributed by atoms with Crippen LogP contribution in [0.4, 0.5) is 34.1 Å². The minimum absolute atomic E-state index is 0.635. The molecule has 198 valence electrons. The highest BCUT2D eigenvalue weighted by Crippen LogP contribution is 2.49. The van der Waals surface area contributed by atoms with Crippen molar-refractivity contribution < 1.29 is 4.42 Å². The summed E-state index contributed by atoms with van der Waals surface area (Å²) in [5.74, 6) is 0. The van der Waals surface area contributed by atoms with Gasteiger partial charge in [-0.25, -0.2) is 0 Å². The fraction of sp³-hybridized carbons (Fsp3) is 0.0270. The average molecular weight is 551 g/mol. The Kier molecular flexibility index (Phi) is 6.42. The lowest BCUT2D eigenvalue weighted by Gasteiger charge is -2.30. The predicted octanol–water partition coefficient (Wildman–Crippen LogP) is 11.5. The van der Waals surface area contributed by atoms with Gasteiger partial charge in [0, 0.05) is 17.1 Å². The topological polar surface area (TPSA) is 19.6 Å². The molecule has 6 aromatic carbocycles. The van der Waals surface area contributed by atoms with E-state index >= 15 is 0 Å². The van der Waals surface area contributed by atoms with Crippen molar-refractivity contribution in [2.24, 2.45) is 0 Å². The van der Waals surface area contributed by atoms with Crippen LogP contribution in [0.3, 0.4) is 0 Å². The van der Waals surface area contributed by atoms with Crippen LogP contribution in [0.15, 0.2) is 150 Å². The zero-order valence-corrected chi connectivity index (χ0v) is 23.3. The molecule has 7 aromatic rings. The minimum Gasteiger partial charge on any atom is -0.462 e. The molecule has 0 aliphatic heterocycles. The Hall–Kier alpha value is -4.99. The van der Waals surface area contributed by atoms with Gasteiger partial charge in [-0.2, -0.15) is 0 Å². The average Bonchev–Trinajstić information content (AvgIpc) is 3.47. The van der Waals surface area contributed by atoms with Gasteiger partial charge in [0.2, 0.25) is 0 Å². The smallest absolute Gasteiger partial charge is 0.139 e. The number of para-hydroxylation sites is 3. The lowest BCUT2D eigenvalue weighted by atomic mass is 10.0. The Labute approximate surface area is 244 Å². The molecule has 0 radical (unpaired) electrons. The van der Waals surface area contributed by atoms with Crippen LogP contribution in [0.5, 0.6) is 0 Å². The Morgan fingerprint density at radius 2 is 1.05 bits per heavy atom. The Morgan fingerprint density at radius 1 is 0.537 bits per heavy atom. The van der Waals surface area contributed by atoms with Gasteiger partial charge in [-0.1, -0.05) is 96.5 Å². The first kappa shape index (κ1) is 25.0. The molecule has 7 rings (SSSR count). The molecule has 0 unspecified atom stereocenters. The van der Waals surface area contributed by atoms with Crippen molar-refractivity contribution in [3.63, 3.8) is 0 Å². The van der Waals surface area contributed by atoms with Crippen LogP contribution in [0, 0.1) is 6.92 Å². The van der Waals surface area contributed by atoms with E-state index in [1.54, 1.807) is 0 Å². The summed E-state index contributed by atoms with van der Waals surface area (Å²) >= 11 is 7.45. The molecule has 0 N–H and O–H groups in total. The quantitative estimate of drug-likeness (QED) is 0.205. The van der Waals surface area contributed by atoms with Crippen LogP contribution in [0.2, 0.25) is 5.02 Å². The first-order valence-electron chi connectivity index (χ1n) is 13.6. The third-order valence-corrected chi connectivity index (χ3v) is 7.84. The highest BCUT2D eigenvalue weighted by Gasteiger charge is 2.25. The fourth-order valence-corrected chi connectivity index (χ4v) is 5.93. The second-order valence-corrected chi connectivity index (χ2v) is 10.4. The molecule has 0 saturated heterocycles. The summed E-state index contributed by atoms with van der Waals surface area (Å²) in [5.41, 5.74) is 7.71. The van der Waals surface area contributed by atoms with Gasteiger partial charge in [0.1, 0.15) is 11.8 Å². The molecule has 0 fully saturated rings. The number of aryl methyl sites for hydroxylation is 1. The van der Waals surface area contributed by atoms with E-state index in [-0.39, 0.29) is 0 Å². The van der Waals surface area contributed by atoms with Crippen molar-refractivity contribution in [2.45, 2.75) is 6.92 Å². The zero-order chi connectivity index (χ0) is 27.8. The molecule has 0 atom stereocenters. The lowest BCUT2D eigenvalue weighted by Crippen LogP contribution is -2.14. The fourth-order valence-electron chi connectivity index (χ4n) is 5.63. The summed E-state index contributed by atoms with van der Waals surface area (Å²) in [4.78, 5) is 4.40. The van der Waals surface area contributed by atoms with E-state index in [1.807, 2.05) is 60.9 Å². The number of rotatable bonds is 6. The van der Waals surface area contributed by atoms with Gasteiger partial charge in [-0.3, -0.25) is 0 Å². The second kappa shape index (κ2) is 10.5. The molecule has 1 heterocycles. The van der Waals surface area contributed by atoms with E-state index in [9.17, 15) is 0 Å². The first-order valence-corrected chi connectivity index (χ1v) is 14.0. The normalized spacial score (nSPS) is 11.2. The molecular formula is C37H27ClN2O. The molecule has 1 aromatic heterocycles. The number of nitrogens with zero attached hydrogens (tertiary/aromatic N) is 2. The Bertz CT molecular complexity index is 1930. The predicted molar refractivity (Wildman–Crippen MR) is 173 cm³/mol. The Morgan fingerprint density at radius 3 is 1.66 bits per heavy atom. The molecule has 0 spiro atoms. The molecular weight excluding hydrogens is 524 g/mol. The van der Waals surface area contributed by atoms with E-state index in [1.165, 1.54) is 5.39 Å². The van der Waals surface area contributed by atoms with Gasteiger partial charge in [0.05, 0.1) is 27.5 Å². The van der Waals surface area contributed by atoms with Crippen LogP contribution in [-0.2, 0) is 0 Å². The number of halogens is 1. The van der Waals surface area contributed by atoms with Crippen molar-refractivity contribution in [3.8, 4) is 0 Å². The molecule has 0 bridgehead atoms. The van der Waals surface area contributed by atoms with Crippen LogP contribution >= 0.6 is 11.6 Å². The molecule has 3 nitrogen and oxygen atoms in total. The van der Waals surface area contributed by atoms with Crippen molar-refractivity contribution in [1.29, 1.82) is 0 Å². The van der Waals surface area contributed by atoms with Gasteiger partial charge in [0.15, 0.2) is 0 Å². The van der Waals surface area contributed by atoms with Crippen LogP contribution in [0.25, 0.3) is 21.7 Å². The molecule has 4 heteroatoms. The number of anilines is 6. The number of furan rings is 1. The highest BCUT2D eigenvalue weighted by molar-refractivity contribution is 6.37. The van der Waals surface area contributed by atoms with E-state index in [0.717, 1.165) is 56.0 Å². The third-order valence-electron chi connectivity index (χ3n) is 7.46. The largest absolute Gasteiger partial charge is 0.462 e. The summed E-state index contributed by atoms with van der Waals surface area (Å²) in [7, 11) is 0. The van der Waals surface area contributed by atoms with Gasteiger partial charge >= 0.3 is 0 Å². The molecule has 0 aliphatic rings. The van der Waals surface area contributed by atoms with E-state index < -0.39 is 0 Å². The minimum atomic E-state index is 0.635. The van der Waals surface area contributed by atoms with Crippen molar-refractivity contribution in [3.05, 3.63) is 156 Å². The van der Waals surface area contributed by atoms with Crippen LogP contribution < -0.4 is 9.80 Å². The van der Waals surface area contributed by atoms with E-state index in [4.69, 9.17) is 16.0 Å². The van der Waals surface area contributed by atoms with Gasteiger partial charge in [-0.15, -0.1) is 0 Å². The maximum absolute atomic E-state index is 7.45. The summed E-state index contributed by atoms with van der Waals surface area (Å²) < 4.78 is 6.27.